The molecule has 182 valence electrons. The summed E-state index contributed by atoms with van der Waals surface area (Å²) in [5.41, 5.74) is 2.24. The van der Waals surface area contributed by atoms with E-state index in [-0.39, 0.29) is 0 Å². The van der Waals surface area contributed by atoms with Gasteiger partial charge in [-0.2, -0.15) is 0 Å². The molecule has 1 fully saturated rings. The molecule has 1 aliphatic rings. The molecule has 0 aliphatic carbocycles. The summed E-state index contributed by atoms with van der Waals surface area (Å²) in [7, 11) is 0. The van der Waals surface area contributed by atoms with E-state index in [1.54, 1.807) is 0 Å². The van der Waals surface area contributed by atoms with Crippen LogP contribution in [0.4, 0.5) is 0 Å². The van der Waals surface area contributed by atoms with Crippen LogP contribution in [0.25, 0.3) is 0 Å². The van der Waals surface area contributed by atoms with E-state index in [1.807, 2.05) is 32.3 Å². The summed E-state index contributed by atoms with van der Waals surface area (Å²) in [6, 6.07) is 0.503. The lowest BCUT2D eigenvalue weighted by Crippen LogP contribution is -2.27. The Hall–Kier alpha value is -1.44. The van der Waals surface area contributed by atoms with Gasteiger partial charge in [-0.05, 0) is 35.6 Å². The van der Waals surface area contributed by atoms with Crippen LogP contribution >= 0.6 is 0 Å². The number of nitrogens with zero attached hydrogens (tertiary/aromatic N) is 1. The SMILES string of the molecule is C=C/C(=C\NC1CCN(C=C)C1)C(=C)C(C)C.CC.CCCCCCCCCC(C)C. The minimum atomic E-state index is 0.453. The molecule has 0 aromatic rings. The Morgan fingerprint density at radius 3 is 2.03 bits per heavy atom. The molecule has 2 heteroatoms. The van der Waals surface area contributed by atoms with Gasteiger partial charge in [-0.15, -0.1) is 0 Å². The molecule has 1 aliphatic heterocycles. The van der Waals surface area contributed by atoms with E-state index in [1.165, 1.54) is 51.4 Å². The number of hydrogen-bond donors (Lipinski definition) is 1. The van der Waals surface area contributed by atoms with E-state index in [0.717, 1.165) is 36.6 Å². The summed E-state index contributed by atoms with van der Waals surface area (Å²) in [5, 5.41) is 3.45. The highest BCUT2D eigenvalue weighted by Gasteiger charge is 2.18. The molecule has 2 nitrogen and oxygen atoms in total. The van der Waals surface area contributed by atoms with Crippen molar-refractivity contribution in [2.24, 2.45) is 11.8 Å². The smallest absolute Gasteiger partial charge is 0.0447 e. The maximum Gasteiger partial charge on any atom is 0.0447 e. The highest BCUT2D eigenvalue weighted by Crippen LogP contribution is 2.18. The van der Waals surface area contributed by atoms with Gasteiger partial charge in [0, 0.05) is 25.3 Å². The van der Waals surface area contributed by atoms with Crippen molar-refractivity contribution < 1.29 is 0 Å². The zero-order valence-corrected chi connectivity index (χ0v) is 22.3. The predicted molar refractivity (Wildman–Crippen MR) is 144 cm³/mol. The zero-order chi connectivity index (χ0) is 24.1. The summed E-state index contributed by atoms with van der Waals surface area (Å²) in [4.78, 5) is 2.23. The number of nitrogens with one attached hydrogen (secondary N) is 1. The first kappa shape index (κ1) is 31.7. The summed E-state index contributed by atoms with van der Waals surface area (Å²) in [6.45, 7) is 29.1. The zero-order valence-electron chi connectivity index (χ0n) is 22.3. The average Bonchev–Trinajstić information content (AvgIpc) is 3.23. The Balaban J connectivity index is 0. The van der Waals surface area contributed by atoms with Gasteiger partial charge in [0.15, 0.2) is 0 Å². The first-order valence-electron chi connectivity index (χ1n) is 13.0. The van der Waals surface area contributed by atoms with Crippen LogP contribution in [-0.2, 0) is 0 Å². The lowest BCUT2D eigenvalue weighted by Gasteiger charge is -2.15. The number of hydrogen-bond acceptors (Lipinski definition) is 2. The molecule has 1 atom stereocenters. The molecule has 1 heterocycles. The van der Waals surface area contributed by atoms with Crippen LogP contribution < -0.4 is 5.32 Å². The van der Waals surface area contributed by atoms with Crippen molar-refractivity contribution >= 4 is 0 Å². The number of allylic oxidation sites excluding steroid dienone is 3. The van der Waals surface area contributed by atoms with Gasteiger partial charge in [0.25, 0.3) is 0 Å². The lowest BCUT2D eigenvalue weighted by molar-refractivity contribution is 0.453. The number of rotatable bonds is 14. The van der Waals surface area contributed by atoms with Crippen LogP contribution in [-0.4, -0.2) is 24.0 Å². The molecule has 0 bridgehead atoms. The van der Waals surface area contributed by atoms with E-state index in [9.17, 15) is 0 Å². The minimum absolute atomic E-state index is 0.453. The molecule has 0 spiro atoms. The monoisotopic (exact) mass is 432 g/mol. The van der Waals surface area contributed by atoms with Crippen LogP contribution in [0.15, 0.2) is 49.4 Å². The van der Waals surface area contributed by atoms with Crippen LogP contribution in [0.1, 0.15) is 106 Å². The molecule has 1 rings (SSSR count). The van der Waals surface area contributed by atoms with Gasteiger partial charge >= 0.3 is 0 Å². The van der Waals surface area contributed by atoms with E-state index in [2.05, 4.69) is 64.6 Å². The third kappa shape index (κ3) is 17.9. The fourth-order valence-corrected chi connectivity index (χ4v) is 3.42. The maximum atomic E-state index is 4.10. The summed E-state index contributed by atoms with van der Waals surface area (Å²) in [5.74, 6) is 1.36. The van der Waals surface area contributed by atoms with Crippen LogP contribution in [0.2, 0.25) is 0 Å². The van der Waals surface area contributed by atoms with E-state index in [4.69, 9.17) is 0 Å². The standard InChI is InChI=1S/C15H24N2.C12H26.C2H6/c1-6-14(13(5)12(3)4)10-16-15-8-9-17(7-2)11-15;1-4-5-6-7-8-9-10-11-12(2)3;1-2/h6-7,10,12,15-16H,1-2,5,8-9,11H2,3-4H3;12H,4-11H2,1-3H3;1-2H3/b14-10+;;. The molecule has 0 aromatic carbocycles. The van der Waals surface area contributed by atoms with Gasteiger partial charge in [-0.3, -0.25) is 0 Å². The Kier molecular flexibility index (Phi) is 22.3. The number of likely N-dealkylation sites (tertiary alicyclic amines) is 1. The highest BCUT2D eigenvalue weighted by molar-refractivity contribution is 5.37. The molecular weight excluding hydrogens is 376 g/mol. The molecule has 1 unspecified atom stereocenters. The van der Waals surface area contributed by atoms with Crippen LogP contribution in [0.5, 0.6) is 0 Å². The largest absolute Gasteiger partial charge is 0.386 e. The Morgan fingerprint density at radius 1 is 1.00 bits per heavy atom. The van der Waals surface area contributed by atoms with Crippen molar-refractivity contribution in [3.05, 3.63) is 49.4 Å². The lowest BCUT2D eigenvalue weighted by atomic mass is 9.97. The van der Waals surface area contributed by atoms with Gasteiger partial charge in [0.2, 0.25) is 0 Å². The third-order valence-electron chi connectivity index (χ3n) is 5.63. The predicted octanol–water partition coefficient (Wildman–Crippen LogP) is 8.89. The second-order valence-electron chi connectivity index (χ2n) is 9.12. The molecule has 31 heavy (non-hydrogen) atoms. The molecule has 0 radical (unpaired) electrons. The van der Waals surface area contributed by atoms with Gasteiger partial charge in [-0.1, -0.05) is 126 Å². The van der Waals surface area contributed by atoms with Crippen molar-refractivity contribution in [2.75, 3.05) is 13.1 Å². The van der Waals surface area contributed by atoms with E-state index >= 15 is 0 Å². The maximum absolute atomic E-state index is 4.10. The molecular formula is C29H56N2. The molecule has 0 saturated carbocycles. The van der Waals surface area contributed by atoms with Crippen molar-refractivity contribution in [1.29, 1.82) is 0 Å². The second kappa shape index (κ2) is 21.8. The third-order valence-corrected chi connectivity index (χ3v) is 5.63. The molecule has 1 N–H and O–H groups in total. The first-order chi connectivity index (χ1) is 14.8. The fraction of sp³-hybridized carbons (Fsp3) is 0.724. The summed E-state index contributed by atoms with van der Waals surface area (Å²) >= 11 is 0. The molecule has 0 amide bonds. The quantitative estimate of drug-likeness (QED) is 0.218. The normalized spacial score (nSPS) is 15.7. The van der Waals surface area contributed by atoms with E-state index < -0.39 is 0 Å². The number of unbranched alkanes of at least 4 members (excludes halogenated alkanes) is 6. The summed E-state index contributed by atoms with van der Waals surface area (Å²) < 4.78 is 0. The minimum Gasteiger partial charge on any atom is -0.386 e. The van der Waals surface area contributed by atoms with Gasteiger partial charge in [0.1, 0.15) is 0 Å². The average molecular weight is 433 g/mol. The highest BCUT2D eigenvalue weighted by atomic mass is 15.2. The van der Waals surface area contributed by atoms with Crippen molar-refractivity contribution in [3.8, 4) is 0 Å². The molecule has 1 saturated heterocycles. The Labute approximate surface area is 197 Å². The van der Waals surface area contributed by atoms with Crippen molar-refractivity contribution in [2.45, 2.75) is 112 Å². The van der Waals surface area contributed by atoms with Crippen LogP contribution in [0, 0.1) is 11.8 Å². The van der Waals surface area contributed by atoms with Gasteiger partial charge in [-0.25, -0.2) is 0 Å². The van der Waals surface area contributed by atoms with Crippen molar-refractivity contribution in [1.82, 2.24) is 10.2 Å². The second-order valence-corrected chi connectivity index (χ2v) is 9.12. The Morgan fingerprint density at radius 2 is 1.58 bits per heavy atom. The first-order valence-corrected chi connectivity index (χ1v) is 13.0. The van der Waals surface area contributed by atoms with Crippen LogP contribution in [0.3, 0.4) is 0 Å². The van der Waals surface area contributed by atoms with E-state index in [0.29, 0.717) is 12.0 Å². The summed E-state index contributed by atoms with van der Waals surface area (Å²) in [6.07, 6.45) is 18.5. The van der Waals surface area contributed by atoms with Crippen molar-refractivity contribution in [3.63, 3.8) is 0 Å². The molecule has 0 aromatic heterocycles. The Bertz CT molecular complexity index is 473. The van der Waals surface area contributed by atoms with Gasteiger partial charge in [0.05, 0.1) is 0 Å². The fourth-order valence-electron chi connectivity index (χ4n) is 3.42. The topological polar surface area (TPSA) is 15.3 Å². The van der Waals surface area contributed by atoms with Gasteiger partial charge < -0.3 is 10.2 Å².